The molecule has 0 bridgehead atoms. The third-order valence-corrected chi connectivity index (χ3v) is 4.82. The first-order valence-corrected chi connectivity index (χ1v) is 8.13. The Kier molecular flexibility index (Phi) is 4.32. The maximum Gasteiger partial charge on any atom is 0.407 e. The van der Waals surface area contributed by atoms with E-state index < -0.39 is 27.5 Å². The highest BCUT2D eigenvalue weighted by atomic mass is 32.2. The van der Waals surface area contributed by atoms with Gasteiger partial charge in [0, 0.05) is 6.54 Å². The van der Waals surface area contributed by atoms with Crippen molar-refractivity contribution in [3.8, 4) is 0 Å². The Labute approximate surface area is 121 Å². The van der Waals surface area contributed by atoms with Crippen molar-refractivity contribution < 1.29 is 21.6 Å². The lowest BCUT2D eigenvalue weighted by Crippen LogP contribution is -2.48. The molecule has 1 aromatic carbocycles. The van der Waals surface area contributed by atoms with E-state index in [9.17, 15) is 21.6 Å². The number of benzene rings is 1. The van der Waals surface area contributed by atoms with Crippen LogP contribution in [0, 0.1) is 0 Å². The zero-order valence-corrected chi connectivity index (χ0v) is 12.3. The Morgan fingerprint density at radius 3 is 2.10 bits per heavy atom. The minimum atomic E-state index is -4.54. The molecule has 1 aliphatic rings. The Bertz CT molecular complexity index is 593. The first-order chi connectivity index (χ1) is 9.67. The molecule has 8 heteroatoms. The topological polar surface area (TPSA) is 58.2 Å². The van der Waals surface area contributed by atoms with Crippen LogP contribution in [-0.4, -0.2) is 27.2 Å². The van der Waals surface area contributed by atoms with Crippen LogP contribution in [0.2, 0.25) is 0 Å². The summed E-state index contributed by atoms with van der Waals surface area (Å²) < 4.78 is 63.9. The first kappa shape index (κ1) is 16.3. The number of sulfonamides is 1. The van der Waals surface area contributed by atoms with E-state index in [1.54, 1.807) is 36.0 Å². The summed E-state index contributed by atoms with van der Waals surface area (Å²) >= 11 is 0. The fourth-order valence-electron chi connectivity index (χ4n) is 2.08. The second-order valence-corrected chi connectivity index (χ2v) is 7.01. The van der Waals surface area contributed by atoms with Crippen molar-refractivity contribution in [3.63, 3.8) is 0 Å². The molecule has 1 fully saturated rings. The van der Waals surface area contributed by atoms with Gasteiger partial charge in [0.05, 0.1) is 5.75 Å². The number of rotatable bonds is 6. The predicted octanol–water partition coefficient (Wildman–Crippen LogP) is 1.92. The monoisotopic (exact) mass is 322 g/mol. The van der Waals surface area contributed by atoms with E-state index in [0.717, 1.165) is 5.56 Å². The van der Waals surface area contributed by atoms with Crippen molar-refractivity contribution in [3.05, 3.63) is 35.4 Å². The third-order valence-electron chi connectivity index (χ3n) is 3.40. The molecule has 0 spiro atoms. The van der Waals surface area contributed by atoms with Gasteiger partial charge < -0.3 is 5.32 Å². The smallest absolute Gasteiger partial charge is 0.316 e. The van der Waals surface area contributed by atoms with Gasteiger partial charge in [-0.05, 0) is 31.0 Å². The molecule has 0 unspecified atom stereocenters. The fourth-order valence-corrected chi connectivity index (χ4v) is 3.70. The molecule has 4 nitrogen and oxygen atoms in total. The quantitative estimate of drug-likeness (QED) is 0.841. The third kappa shape index (κ3) is 3.96. The number of nitrogens with one attached hydrogen (secondary N) is 2. The second kappa shape index (κ2) is 5.58. The average Bonchev–Trinajstić information content (AvgIpc) is 3.11. The Morgan fingerprint density at radius 1 is 1.14 bits per heavy atom. The average molecular weight is 322 g/mol. The number of halogens is 3. The van der Waals surface area contributed by atoms with Crippen molar-refractivity contribution in [2.75, 3.05) is 7.05 Å². The molecular formula is C13H17F3N2O2S. The van der Waals surface area contributed by atoms with Crippen LogP contribution >= 0.6 is 0 Å². The molecule has 21 heavy (non-hydrogen) atoms. The van der Waals surface area contributed by atoms with Gasteiger partial charge in [0.1, 0.15) is 5.54 Å². The van der Waals surface area contributed by atoms with Gasteiger partial charge in [-0.3, -0.25) is 0 Å². The minimum Gasteiger partial charge on any atom is -0.316 e. The van der Waals surface area contributed by atoms with Gasteiger partial charge in [-0.25, -0.2) is 8.42 Å². The van der Waals surface area contributed by atoms with E-state index in [1.807, 2.05) is 0 Å². The van der Waals surface area contributed by atoms with Crippen molar-refractivity contribution in [2.24, 2.45) is 0 Å². The second-order valence-electron chi connectivity index (χ2n) is 5.29. The summed E-state index contributed by atoms with van der Waals surface area (Å²) in [6.07, 6.45) is -4.94. The van der Waals surface area contributed by atoms with Crippen LogP contribution in [0.4, 0.5) is 13.2 Å². The molecular weight excluding hydrogens is 305 g/mol. The standard InChI is InChI=1S/C13H17F3N2O2S/c1-17-8-10-2-4-11(5-3-10)9-21(19,20)18-12(6-7-12)13(14,15)16/h2-5,17-18H,6-9H2,1H3. The molecule has 2 rings (SSSR count). The van der Waals surface area contributed by atoms with E-state index in [1.165, 1.54) is 0 Å². The highest BCUT2D eigenvalue weighted by Gasteiger charge is 2.65. The summed E-state index contributed by atoms with van der Waals surface area (Å²) in [5.41, 5.74) is -0.821. The van der Waals surface area contributed by atoms with E-state index in [2.05, 4.69) is 5.32 Å². The Balaban J connectivity index is 2.04. The lowest BCUT2D eigenvalue weighted by atomic mass is 10.1. The van der Waals surface area contributed by atoms with Gasteiger partial charge in [-0.15, -0.1) is 0 Å². The van der Waals surface area contributed by atoms with E-state index in [-0.39, 0.29) is 12.8 Å². The van der Waals surface area contributed by atoms with Crippen LogP contribution in [-0.2, 0) is 22.3 Å². The van der Waals surface area contributed by atoms with Gasteiger partial charge in [0.2, 0.25) is 10.0 Å². The normalized spacial score (nSPS) is 17.7. The molecule has 0 atom stereocenters. The molecule has 0 amide bonds. The summed E-state index contributed by atoms with van der Waals surface area (Å²) in [5, 5.41) is 2.95. The molecule has 1 aliphatic carbocycles. The molecule has 0 radical (unpaired) electrons. The fraction of sp³-hybridized carbons (Fsp3) is 0.538. The van der Waals surface area contributed by atoms with Gasteiger partial charge >= 0.3 is 6.18 Å². The number of hydrogen-bond acceptors (Lipinski definition) is 3. The molecule has 0 aliphatic heterocycles. The molecule has 1 aromatic rings. The lowest BCUT2D eigenvalue weighted by molar-refractivity contribution is -0.160. The largest absolute Gasteiger partial charge is 0.407 e. The lowest BCUT2D eigenvalue weighted by Gasteiger charge is -2.20. The Morgan fingerprint density at radius 2 is 1.67 bits per heavy atom. The summed E-state index contributed by atoms with van der Waals surface area (Å²) in [4.78, 5) is 0. The van der Waals surface area contributed by atoms with Gasteiger partial charge in [0.15, 0.2) is 0 Å². The zero-order valence-electron chi connectivity index (χ0n) is 11.5. The SMILES string of the molecule is CNCc1ccc(CS(=O)(=O)NC2(C(F)(F)F)CC2)cc1. The van der Waals surface area contributed by atoms with Gasteiger partial charge in [-0.1, -0.05) is 24.3 Å². The van der Waals surface area contributed by atoms with Crippen LogP contribution in [0.5, 0.6) is 0 Å². The molecule has 1 saturated carbocycles. The highest BCUT2D eigenvalue weighted by molar-refractivity contribution is 7.88. The highest BCUT2D eigenvalue weighted by Crippen LogP contribution is 2.49. The van der Waals surface area contributed by atoms with Crippen LogP contribution in [0.1, 0.15) is 24.0 Å². The van der Waals surface area contributed by atoms with Crippen LogP contribution in [0.15, 0.2) is 24.3 Å². The molecule has 0 heterocycles. The van der Waals surface area contributed by atoms with Crippen molar-refractivity contribution >= 4 is 10.0 Å². The van der Waals surface area contributed by atoms with E-state index in [0.29, 0.717) is 12.1 Å². The van der Waals surface area contributed by atoms with Crippen molar-refractivity contribution in [1.82, 2.24) is 10.0 Å². The minimum absolute atomic E-state index is 0.198. The van der Waals surface area contributed by atoms with Crippen molar-refractivity contribution in [1.29, 1.82) is 0 Å². The molecule has 0 aromatic heterocycles. The number of hydrogen-bond donors (Lipinski definition) is 2. The maximum atomic E-state index is 12.8. The molecule has 118 valence electrons. The van der Waals surface area contributed by atoms with Crippen LogP contribution < -0.4 is 10.0 Å². The van der Waals surface area contributed by atoms with Crippen molar-refractivity contribution in [2.45, 2.75) is 36.9 Å². The summed E-state index contributed by atoms with van der Waals surface area (Å²) in [6, 6.07) is 6.72. The predicted molar refractivity (Wildman–Crippen MR) is 73.0 cm³/mol. The summed E-state index contributed by atoms with van der Waals surface area (Å²) in [6.45, 7) is 0.641. The number of alkyl halides is 3. The zero-order chi connectivity index (χ0) is 15.7. The summed E-state index contributed by atoms with van der Waals surface area (Å²) in [5.74, 6) is -0.454. The Hall–Kier alpha value is -1.12. The van der Waals surface area contributed by atoms with Crippen LogP contribution in [0.3, 0.4) is 0 Å². The van der Waals surface area contributed by atoms with E-state index >= 15 is 0 Å². The van der Waals surface area contributed by atoms with Gasteiger partial charge in [-0.2, -0.15) is 17.9 Å². The molecule has 2 N–H and O–H groups in total. The van der Waals surface area contributed by atoms with Crippen LogP contribution in [0.25, 0.3) is 0 Å². The summed E-state index contributed by atoms with van der Waals surface area (Å²) in [7, 11) is -2.24. The first-order valence-electron chi connectivity index (χ1n) is 6.48. The molecule has 0 saturated heterocycles. The van der Waals surface area contributed by atoms with Gasteiger partial charge in [0.25, 0.3) is 0 Å². The maximum absolute atomic E-state index is 12.8. The van der Waals surface area contributed by atoms with E-state index in [4.69, 9.17) is 0 Å².